The number of hydrogen-bond acceptors (Lipinski definition) is 1. The van der Waals surface area contributed by atoms with E-state index in [0.29, 0.717) is 5.56 Å². The van der Waals surface area contributed by atoms with Crippen LogP contribution in [0.3, 0.4) is 0 Å². The van der Waals surface area contributed by atoms with Gasteiger partial charge < -0.3 is 5.11 Å². The van der Waals surface area contributed by atoms with Crippen LogP contribution in [0.2, 0.25) is 0 Å². The zero-order valence-electron chi connectivity index (χ0n) is 11.0. The molecule has 0 aromatic heterocycles. The highest BCUT2D eigenvalue weighted by Crippen LogP contribution is 2.30. The average Bonchev–Trinajstić information content (AvgIpc) is 2.33. The summed E-state index contributed by atoms with van der Waals surface area (Å²) in [5, 5.41) is 10.3. The summed E-state index contributed by atoms with van der Waals surface area (Å²) < 4.78 is 13.7. The van der Waals surface area contributed by atoms with Crippen LogP contribution in [0, 0.1) is 18.7 Å². The van der Waals surface area contributed by atoms with Gasteiger partial charge in [-0.2, -0.15) is 0 Å². The predicted octanol–water partition coefficient (Wildman–Crippen LogP) is 4.38. The lowest BCUT2D eigenvalue weighted by Gasteiger charge is -2.22. The fraction of sp³-hybridized carbons (Fsp3) is 0.600. The third-order valence-electron chi connectivity index (χ3n) is 3.37. The summed E-state index contributed by atoms with van der Waals surface area (Å²) in [5.41, 5.74) is 1.44. The van der Waals surface area contributed by atoms with E-state index in [4.69, 9.17) is 0 Å². The standard InChI is InChI=1S/C15H23FO/c1-4-6-7-12(5-2)15(17)13-10-11(3)8-9-14(13)16/h8-10,12,15,17H,4-7H2,1-3H3. The maximum Gasteiger partial charge on any atom is 0.129 e. The molecule has 1 aromatic carbocycles. The first kappa shape index (κ1) is 14.2. The van der Waals surface area contributed by atoms with Crippen LogP contribution in [0.5, 0.6) is 0 Å². The van der Waals surface area contributed by atoms with Gasteiger partial charge in [0.2, 0.25) is 0 Å². The van der Waals surface area contributed by atoms with Crippen LogP contribution in [-0.4, -0.2) is 5.11 Å². The maximum atomic E-state index is 13.7. The molecule has 17 heavy (non-hydrogen) atoms. The third-order valence-corrected chi connectivity index (χ3v) is 3.37. The van der Waals surface area contributed by atoms with Gasteiger partial charge in [0.1, 0.15) is 5.82 Å². The molecule has 0 saturated carbocycles. The average molecular weight is 238 g/mol. The number of aryl methyl sites for hydroxylation is 1. The van der Waals surface area contributed by atoms with Crippen molar-refractivity contribution in [3.63, 3.8) is 0 Å². The van der Waals surface area contributed by atoms with E-state index < -0.39 is 6.10 Å². The molecule has 0 spiro atoms. The number of unbranched alkanes of at least 4 members (excludes halogenated alkanes) is 1. The number of hydrogen-bond donors (Lipinski definition) is 1. The van der Waals surface area contributed by atoms with Gasteiger partial charge in [-0.1, -0.05) is 50.8 Å². The Bertz CT molecular complexity index is 349. The van der Waals surface area contributed by atoms with Crippen LogP contribution in [0.4, 0.5) is 4.39 Å². The first-order valence-electron chi connectivity index (χ1n) is 6.54. The van der Waals surface area contributed by atoms with Crippen molar-refractivity contribution in [2.75, 3.05) is 0 Å². The van der Waals surface area contributed by atoms with Gasteiger partial charge in [-0.3, -0.25) is 0 Å². The monoisotopic (exact) mass is 238 g/mol. The van der Waals surface area contributed by atoms with Crippen LogP contribution in [-0.2, 0) is 0 Å². The Morgan fingerprint density at radius 2 is 2.00 bits per heavy atom. The fourth-order valence-corrected chi connectivity index (χ4v) is 2.20. The van der Waals surface area contributed by atoms with Crippen molar-refractivity contribution >= 4 is 0 Å². The van der Waals surface area contributed by atoms with E-state index in [9.17, 15) is 9.50 Å². The minimum atomic E-state index is -0.675. The van der Waals surface area contributed by atoms with Gasteiger partial charge in [-0.15, -0.1) is 0 Å². The van der Waals surface area contributed by atoms with Crippen molar-refractivity contribution < 1.29 is 9.50 Å². The van der Waals surface area contributed by atoms with Gasteiger partial charge in [-0.25, -0.2) is 4.39 Å². The fourth-order valence-electron chi connectivity index (χ4n) is 2.20. The third kappa shape index (κ3) is 3.81. The second-order valence-corrected chi connectivity index (χ2v) is 4.78. The highest BCUT2D eigenvalue weighted by molar-refractivity contribution is 5.26. The highest BCUT2D eigenvalue weighted by atomic mass is 19.1. The number of aliphatic hydroxyl groups is 1. The first-order valence-corrected chi connectivity index (χ1v) is 6.54. The summed E-state index contributed by atoms with van der Waals surface area (Å²) >= 11 is 0. The van der Waals surface area contributed by atoms with Crippen molar-refractivity contribution in [1.29, 1.82) is 0 Å². The van der Waals surface area contributed by atoms with Crippen LogP contribution >= 0.6 is 0 Å². The summed E-state index contributed by atoms with van der Waals surface area (Å²) in [7, 11) is 0. The topological polar surface area (TPSA) is 20.2 Å². The van der Waals surface area contributed by atoms with E-state index in [1.54, 1.807) is 12.1 Å². The molecule has 2 heteroatoms. The molecule has 0 amide bonds. The summed E-state index contributed by atoms with van der Waals surface area (Å²) in [4.78, 5) is 0. The van der Waals surface area contributed by atoms with Crippen molar-refractivity contribution in [2.45, 2.75) is 52.6 Å². The smallest absolute Gasteiger partial charge is 0.129 e. The lowest BCUT2D eigenvalue weighted by Crippen LogP contribution is -2.13. The molecule has 0 aliphatic carbocycles. The van der Waals surface area contributed by atoms with Gasteiger partial charge in [-0.05, 0) is 25.3 Å². The Morgan fingerprint density at radius 1 is 1.29 bits per heavy atom. The molecule has 0 aliphatic rings. The van der Waals surface area contributed by atoms with E-state index in [2.05, 4.69) is 13.8 Å². The first-order chi connectivity index (χ1) is 8.10. The second kappa shape index (κ2) is 6.75. The van der Waals surface area contributed by atoms with E-state index >= 15 is 0 Å². The van der Waals surface area contributed by atoms with Gasteiger partial charge in [0.05, 0.1) is 6.10 Å². The van der Waals surface area contributed by atoms with E-state index in [0.717, 1.165) is 31.2 Å². The Hall–Kier alpha value is -0.890. The summed E-state index contributed by atoms with van der Waals surface area (Å²) in [6, 6.07) is 4.94. The zero-order valence-corrected chi connectivity index (χ0v) is 11.0. The molecule has 2 unspecified atom stereocenters. The molecular weight excluding hydrogens is 215 g/mol. The molecule has 0 heterocycles. The van der Waals surface area contributed by atoms with Gasteiger partial charge in [0.25, 0.3) is 0 Å². The van der Waals surface area contributed by atoms with Crippen molar-refractivity contribution in [3.05, 3.63) is 35.1 Å². The van der Waals surface area contributed by atoms with Crippen molar-refractivity contribution in [3.8, 4) is 0 Å². The maximum absolute atomic E-state index is 13.7. The van der Waals surface area contributed by atoms with Crippen LogP contribution in [0.1, 0.15) is 56.8 Å². The van der Waals surface area contributed by atoms with E-state index in [1.165, 1.54) is 6.07 Å². The number of halogens is 1. The zero-order chi connectivity index (χ0) is 12.8. The van der Waals surface area contributed by atoms with E-state index in [-0.39, 0.29) is 11.7 Å². The molecule has 1 aromatic rings. The Morgan fingerprint density at radius 3 is 2.59 bits per heavy atom. The molecular formula is C15H23FO. The molecule has 1 N–H and O–H groups in total. The number of aliphatic hydroxyl groups excluding tert-OH is 1. The van der Waals surface area contributed by atoms with Gasteiger partial charge >= 0.3 is 0 Å². The molecule has 0 radical (unpaired) electrons. The molecule has 0 fully saturated rings. The molecule has 96 valence electrons. The summed E-state index contributed by atoms with van der Waals surface area (Å²) in [5.74, 6) is -0.135. The Kier molecular flexibility index (Phi) is 5.63. The lowest BCUT2D eigenvalue weighted by atomic mass is 9.88. The highest BCUT2D eigenvalue weighted by Gasteiger charge is 2.21. The molecule has 0 saturated heterocycles. The van der Waals surface area contributed by atoms with Crippen LogP contribution in [0.15, 0.2) is 18.2 Å². The molecule has 1 rings (SSSR count). The number of rotatable bonds is 6. The normalized spacial score (nSPS) is 14.6. The Labute approximate surface area is 104 Å². The molecule has 0 bridgehead atoms. The molecule has 1 nitrogen and oxygen atoms in total. The van der Waals surface area contributed by atoms with Crippen molar-refractivity contribution in [1.82, 2.24) is 0 Å². The summed E-state index contributed by atoms with van der Waals surface area (Å²) in [6.07, 6.45) is 3.37. The second-order valence-electron chi connectivity index (χ2n) is 4.78. The van der Waals surface area contributed by atoms with Gasteiger partial charge in [0, 0.05) is 5.56 Å². The predicted molar refractivity (Wildman–Crippen MR) is 69.4 cm³/mol. The summed E-state index contributed by atoms with van der Waals surface area (Å²) in [6.45, 7) is 6.10. The molecule has 2 atom stereocenters. The quantitative estimate of drug-likeness (QED) is 0.779. The largest absolute Gasteiger partial charge is 0.388 e. The minimum absolute atomic E-state index is 0.159. The van der Waals surface area contributed by atoms with Crippen molar-refractivity contribution in [2.24, 2.45) is 5.92 Å². The SMILES string of the molecule is CCCCC(CC)C(O)c1cc(C)ccc1F. The lowest BCUT2D eigenvalue weighted by molar-refractivity contribution is 0.0953. The molecule has 0 aliphatic heterocycles. The van der Waals surface area contributed by atoms with E-state index in [1.807, 2.05) is 6.92 Å². The Balaban J connectivity index is 2.85. The van der Waals surface area contributed by atoms with Gasteiger partial charge in [0.15, 0.2) is 0 Å². The van der Waals surface area contributed by atoms with Crippen LogP contribution < -0.4 is 0 Å². The minimum Gasteiger partial charge on any atom is -0.388 e. The number of benzene rings is 1. The van der Waals surface area contributed by atoms with Crippen LogP contribution in [0.25, 0.3) is 0 Å².